The molecule has 0 aliphatic heterocycles. The van der Waals surface area contributed by atoms with Crippen molar-refractivity contribution in [2.24, 2.45) is 11.7 Å². The lowest BCUT2D eigenvalue weighted by atomic mass is 9.80. The summed E-state index contributed by atoms with van der Waals surface area (Å²) in [5.74, 6) is 0.935. The SMILES string of the molecule is C=C(CC)CC(N)CC1CCC1. The molecule has 0 heterocycles. The second kappa shape index (κ2) is 4.66. The second-order valence-corrected chi connectivity index (χ2v) is 4.10. The molecule has 1 unspecified atom stereocenters. The highest BCUT2D eigenvalue weighted by atomic mass is 14.6. The first-order valence-electron chi connectivity index (χ1n) is 5.14. The Morgan fingerprint density at radius 3 is 2.67 bits per heavy atom. The molecule has 1 nitrogen and oxygen atoms in total. The molecule has 0 amide bonds. The van der Waals surface area contributed by atoms with Gasteiger partial charge in [0, 0.05) is 6.04 Å². The molecule has 1 atom stereocenters. The lowest BCUT2D eigenvalue weighted by Crippen LogP contribution is -2.26. The van der Waals surface area contributed by atoms with Crippen molar-refractivity contribution in [1.29, 1.82) is 0 Å². The molecule has 0 aromatic rings. The summed E-state index contributed by atoms with van der Waals surface area (Å²) in [5, 5.41) is 0. The largest absolute Gasteiger partial charge is 0.327 e. The summed E-state index contributed by atoms with van der Waals surface area (Å²) in [4.78, 5) is 0. The Hall–Kier alpha value is -0.300. The maximum atomic E-state index is 6.00. The summed E-state index contributed by atoms with van der Waals surface area (Å²) < 4.78 is 0. The van der Waals surface area contributed by atoms with Crippen LogP contribution in [0.5, 0.6) is 0 Å². The smallest absolute Gasteiger partial charge is 0.00786 e. The van der Waals surface area contributed by atoms with Gasteiger partial charge in [-0.15, -0.1) is 0 Å². The summed E-state index contributed by atoms with van der Waals surface area (Å²) in [7, 11) is 0. The van der Waals surface area contributed by atoms with Gasteiger partial charge in [-0.05, 0) is 25.2 Å². The lowest BCUT2D eigenvalue weighted by Gasteiger charge is -2.28. The van der Waals surface area contributed by atoms with Crippen LogP contribution in [0.3, 0.4) is 0 Å². The van der Waals surface area contributed by atoms with Crippen molar-refractivity contribution in [1.82, 2.24) is 0 Å². The van der Waals surface area contributed by atoms with Gasteiger partial charge in [-0.25, -0.2) is 0 Å². The molecular weight excluding hydrogens is 146 g/mol. The molecule has 12 heavy (non-hydrogen) atoms. The third kappa shape index (κ3) is 2.98. The van der Waals surface area contributed by atoms with E-state index in [0.717, 1.165) is 18.8 Å². The fraction of sp³-hybridized carbons (Fsp3) is 0.818. The maximum absolute atomic E-state index is 6.00. The molecule has 0 bridgehead atoms. The van der Waals surface area contributed by atoms with Crippen LogP contribution in [-0.4, -0.2) is 6.04 Å². The zero-order valence-corrected chi connectivity index (χ0v) is 8.18. The molecule has 1 fully saturated rings. The Morgan fingerprint density at radius 2 is 2.25 bits per heavy atom. The Morgan fingerprint density at radius 1 is 1.58 bits per heavy atom. The van der Waals surface area contributed by atoms with Gasteiger partial charge in [-0.3, -0.25) is 0 Å². The standard InChI is InChI=1S/C11H21N/c1-3-9(2)7-11(12)8-10-5-4-6-10/h10-11H,2-8,12H2,1H3. The predicted molar refractivity (Wildman–Crippen MR) is 54.0 cm³/mol. The topological polar surface area (TPSA) is 26.0 Å². The van der Waals surface area contributed by atoms with Crippen molar-refractivity contribution in [3.8, 4) is 0 Å². The van der Waals surface area contributed by atoms with Crippen LogP contribution in [0, 0.1) is 5.92 Å². The monoisotopic (exact) mass is 167 g/mol. The minimum absolute atomic E-state index is 0.378. The van der Waals surface area contributed by atoms with Gasteiger partial charge >= 0.3 is 0 Å². The van der Waals surface area contributed by atoms with Crippen LogP contribution in [0.4, 0.5) is 0 Å². The summed E-state index contributed by atoms with van der Waals surface area (Å²) in [6.45, 7) is 6.14. The van der Waals surface area contributed by atoms with Crippen molar-refractivity contribution in [2.45, 2.75) is 51.5 Å². The third-order valence-corrected chi connectivity index (χ3v) is 2.91. The molecule has 1 rings (SSSR count). The van der Waals surface area contributed by atoms with Gasteiger partial charge in [0.05, 0.1) is 0 Å². The summed E-state index contributed by atoms with van der Waals surface area (Å²) >= 11 is 0. The number of rotatable bonds is 5. The van der Waals surface area contributed by atoms with Crippen LogP contribution < -0.4 is 5.73 Å². The van der Waals surface area contributed by atoms with Gasteiger partial charge in [-0.2, -0.15) is 0 Å². The molecule has 0 aromatic heterocycles. The molecule has 0 radical (unpaired) electrons. The van der Waals surface area contributed by atoms with Crippen molar-refractivity contribution in [2.75, 3.05) is 0 Å². The number of hydrogen-bond acceptors (Lipinski definition) is 1. The summed E-state index contributed by atoms with van der Waals surface area (Å²) in [6.07, 6.45) is 7.58. The molecule has 0 aromatic carbocycles. The highest BCUT2D eigenvalue weighted by molar-refractivity contribution is 4.96. The zero-order chi connectivity index (χ0) is 8.97. The van der Waals surface area contributed by atoms with E-state index in [1.165, 1.54) is 31.3 Å². The van der Waals surface area contributed by atoms with Gasteiger partial charge < -0.3 is 5.73 Å². The first-order valence-corrected chi connectivity index (χ1v) is 5.14. The average molecular weight is 167 g/mol. The minimum atomic E-state index is 0.378. The van der Waals surface area contributed by atoms with E-state index < -0.39 is 0 Å². The van der Waals surface area contributed by atoms with Crippen molar-refractivity contribution < 1.29 is 0 Å². The van der Waals surface area contributed by atoms with E-state index in [4.69, 9.17) is 5.73 Å². The van der Waals surface area contributed by atoms with Gasteiger partial charge in [0.2, 0.25) is 0 Å². The molecule has 1 aliphatic carbocycles. The van der Waals surface area contributed by atoms with Crippen molar-refractivity contribution in [3.63, 3.8) is 0 Å². The normalized spacial score (nSPS) is 20.2. The van der Waals surface area contributed by atoms with E-state index in [0.29, 0.717) is 6.04 Å². The first-order chi connectivity index (χ1) is 5.72. The van der Waals surface area contributed by atoms with Crippen LogP contribution >= 0.6 is 0 Å². The second-order valence-electron chi connectivity index (χ2n) is 4.10. The Kier molecular flexibility index (Phi) is 3.80. The first kappa shape index (κ1) is 9.79. The van der Waals surface area contributed by atoms with E-state index >= 15 is 0 Å². The van der Waals surface area contributed by atoms with Gasteiger partial charge in [0.25, 0.3) is 0 Å². The fourth-order valence-corrected chi connectivity index (χ4v) is 1.76. The third-order valence-electron chi connectivity index (χ3n) is 2.91. The van der Waals surface area contributed by atoms with Crippen LogP contribution in [0.1, 0.15) is 45.4 Å². The van der Waals surface area contributed by atoms with Crippen LogP contribution in [0.15, 0.2) is 12.2 Å². The average Bonchev–Trinajstić information content (AvgIpc) is 1.97. The number of hydrogen-bond donors (Lipinski definition) is 1. The molecule has 1 aliphatic rings. The number of nitrogens with two attached hydrogens (primary N) is 1. The molecular formula is C11H21N. The summed E-state index contributed by atoms with van der Waals surface area (Å²) in [6, 6.07) is 0.378. The van der Waals surface area contributed by atoms with E-state index in [1.54, 1.807) is 0 Å². The maximum Gasteiger partial charge on any atom is 0.00786 e. The Bertz CT molecular complexity index is 147. The molecule has 1 saturated carbocycles. The predicted octanol–water partition coefficient (Wildman–Crippen LogP) is 2.86. The quantitative estimate of drug-likeness (QED) is 0.626. The molecule has 2 N–H and O–H groups in total. The highest BCUT2D eigenvalue weighted by Crippen LogP contribution is 2.31. The van der Waals surface area contributed by atoms with Gasteiger partial charge in [-0.1, -0.05) is 38.3 Å². The van der Waals surface area contributed by atoms with Crippen molar-refractivity contribution >= 4 is 0 Å². The fourth-order valence-electron chi connectivity index (χ4n) is 1.76. The minimum Gasteiger partial charge on any atom is -0.327 e. The van der Waals surface area contributed by atoms with Gasteiger partial charge in [0.1, 0.15) is 0 Å². The van der Waals surface area contributed by atoms with Crippen LogP contribution in [-0.2, 0) is 0 Å². The lowest BCUT2D eigenvalue weighted by molar-refractivity contribution is 0.275. The molecule has 70 valence electrons. The Labute approximate surface area is 76.0 Å². The molecule has 1 heteroatoms. The van der Waals surface area contributed by atoms with E-state index in [1.807, 2.05) is 0 Å². The molecule has 0 saturated heterocycles. The van der Waals surface area contributed by atoms with Crippen LogP contribution in [0.25, 0.3) is 0 Å². The van der Waals surface area contributed by atoms with E-state index in [2.05, 4.69) is 13.5 Å². The molecule has 0 spiro atoms. The summed E-state index contributed by atoms with van der Waals surface area (Å²) in [5.41, 5.74) is 7.31. The highest BCUT2D eigenvalue weighted by Gasteiger charge is 2.20. The van der Waals surface area contributed by atoms with Gasteiger partial charge in [0.15, 0.2) is 0 Å². The Balaban J connectivity index is 2.10. The van der Waals surface area contributed by atoms with E-state index in [9.17, 15) is 0 Å². The van der Waals surface area contributed by atoms with E-state index in [-0.39, 0.29) is 0 Å². The van der Waals surface area contributed by atoms with Crippen LogP contribution in [0.2, 0.25) is 0 Å². The van der Waals surface area contributed by atoms with Crippen molar-refractivity contribution in [3.05, 3.63) is 12.2 Å². The zero-order valence-electron chi connectivity index (χ0n) is 8.18.